The Balaban J connectivity index is 2.63. The van der Waals surface area contributed by atoms with Crippen molar-refractivity contribution in [3.8, 4) is 0 Å². The highest BCUT2D eigenvalue weighted by Gasteiger charge is 2.38. The highest BCUT2D eigenvalue weighted by molar-refractivity contribution is 5.84. The summed E-state index contributed by atoms with van der Waals surface area (Å²) in [6, 6.07) is 0.0341. The normalized spacial score (nSPS) is 26.7. The van der Waals surface area contributed by atoms with Crippen LogP contribution in [0.2, 0.25) is 0 Å². The van der Waals surface area contributed by atoms with Crippen LogP contribution in [0, 0.1) is 5.92 Å². The van der Waals surface area contributed by atoms with Crippen molar-refractivity contribution in [2.75, 3.05) is 6.54 Å². The van der Waals surface area contributed by atoms with Gasteiger partial charge >= 0.3 is 0 Å². The number of unbranched alkanes of at least 4 members (excludes halogenated alkanes) is 1. The van der Waals surface area contributed by atoms with E-state index >= 15 is 0 Å². The van der Waals surface area contributed by atoms with E-state index in [9.17, 15) is 4.79 Å². The second-order valence-electron chi connectivity index (χ2n) is 4.70. The van der Waals surface area contributed by atoms with Crippen LogP contribution in [0.5, 0.6) is 0 Å². The fraction of sp³-hybridized carbons (Fsp3) is 0.917. The molecule has 2 atom stereocenters. The molecule has 0 aromatic heterocycles. The summed E-state index contributed by atoms with van der Waals surface area (Å²) in [6.07, 6.45) is 3.51. The van der Waals surface area contributed by atoms with Gasteiger partial charge in [0.15, 0.2) is 0 Å². The predicted octanol–water partition coefficient (Wildman–Crippen LogP) is 1.98. The average molecular weight is 212 g/mol. The standard InChI is InChI=1S/C12H24N2O/c1-5-7-8-14-10(6-2)13-11(9(3)4)12(14)15/h9-11,13H,5-8H2,1-4H3. The molecule has 0 aromatic rings. The van der Waals surface area contributed by atoms with Crippen molar-refractivity contribution in [2.24, 2.45) is 5.92 Å². The Morgan fingerprint density at radius 1 is 1.40 bits per heavy atom. The SMILES string of the molecule is CCCCN1C(=O)C(C(C)C)NC1CC. The number of hydrogen-bond acceptors (Lipinski definition) is 2. The minimum atomic E-state index is 0.0341. The molecule has 15 heavy (non-hydrogen) atoms. The molecule has 88 valence electrons. The van der Waals surface area contributed by atoms with E-state index in [1.807, 2.05) is 4.90 Å². The molecule has 1 amide bonds. The van der Waals surface area contributed by atoms with Crippen LogP contribution in [0.1, 0.15) is 47.0 Å². The molecule has 1 rings (SSSR count). The number of hydrogen-bond donors (Lipinski definition) is 1. The summed E-state index contributed by atoms with van der Waals surface area (Å²) < 4.78 is 0. The molecule has 0 bridgehead atoms. The molecule has 3 heteroatoms. The van der Waals surface area contributed by atoms with Crippen LogP contribution in [-0.2, 0) is 4.79 Å². The van der Waals surface area contributed by atoms with Gasteiger partial charge in [0, 0.05) is 6.54 Å². The Labute approximate surface area is 93.2 Å². The van der Waals surface area contributed by atoms with Gasteiger partial charge in [-0.05, 0) is 18.8 Å². The van der Waals surface area contributed by atoms with E-state index in [0.717, 1.165) is 25.8 Å². The molecule has 0 saturated carbocycles. The lowest BCUT2D eigenvalue weighted by Crippen LogP contribution is -2.37. The van der Waals surface area contributed by atoms with Crippen molar-refractivity contribution in [2.45, 2.75) is 59.2 Å². The van der Waals surface area contributed by atoms with Crippen molar-refractivity contribution in [3.63, 3.8) is 0 Å². The summed E-state index contributed by atoms with van der Waals surface area (Å²) in [5.41, 5.74) is 0. The number of amides is 1. The first-order valence-electron chi connectivity index (χ1n) is 6.18. The molecule has 1 N–H and O–H groups in total. The molecule has 1 aliphatic rings. The zero-order chi connectivity index (χ0) is 11.4. The molecular weight excluding hydrogens is 188 g/mol. The lowest BCUT2D eigenvalue weighted by Gasteiger charge is -2.22. The Morgan fingerprint density at radius 2 is 2.07 bits per heavy atom. The highest BCUT2D eigenvalue weighted by atomic mass is 16.2. The van der Waals surface area contributed by atoms with E-state index in [0.29, 0.717) is 11.8 Å². The van der Waals surface area contributed by atoms with Gasteiger partial charge in [0.05, 0.1) is 12.2 Å². The van der Waals surface area contributed by atoms with E-state index in [4.69, 9.17) is 0 Å². The van der Waals surface area contributed by atoms with Crippen LogP contribution in [0.4, 0.5) is 0 Å². The summed E-state index contributed by atoms with van der Waals surface area (Å²) in [4.78, 5) is 14.1. The van der Waals surface area contributed by atoms with E-state index in [-0.39, 0.29) is 12.2 Å². The van der Waals surface area contributed by atoms with Crippen LogP contribution in [0.15, 0.2) is 0 Å². The molecular formula is C12H24N2O. The van der Waals surface area contributed by atoms with E-state index in [1.165, 1.54) is 0 Å². The van der Waals surface area contributed by atoms with Crippen LogP contribution in [-0.4, -0.2) is 29.6 Å². The molecule has 1 aliphatic heterocycles. The van der Waals surface area contributed by atoms with Crippen LogP contribution in [0.3, 0.4) is 0 Å². The molecule has 0 radical (unpaired) electrons. The van der Waals surface area contributed by atoms with Gasteiger partial charge in [0.2, 0.25) is 5.91 Å². The van der Waals surface area contributed by atoms with Gasteiger partial charge in [-0.3, -0.25) is 10.1 Å². The Morgan fingerprint density at radius 3 is 2.53 bits per heavy atom. The van der Waals surface area contributed by atoms with E-state index in [2.05, 4.69) is 33.0 Å². The van der Waals surface area contributed by atoms with Gasteiger partial charge in [0.25, 0.3) is 0 Å². The largest absolute Gasteiger partial charge is 0.326 e. The van der Waals surface area contributed by atoms with Gasteiger partial charge in [-0.15, -0.1) is 0 Å². The number of carbonyl (C=O) groups excluding carboxylic acids is 1. The molecule has 1 heterocycles. The summed E-state index contributed by atoms with van der Waals surface area (Å²) >= 11 is 0. The molecule has 1 fully saturated rings. The molecule has 2 unspecified atom stereocenters. The van der Waals surface area contributed by atoms with Crippen molar-refractivity contribution in [1.29, 1.82) is 0 Å². The second-order valence-corrected chi connectivity index (χ2v) is 4.70. The highest BCUT2D eigenvalue weighted by Crippen LogP contribution is 2.19. The van der Waals surface area contributed by atoms with Crippen molar-refractivity contribution >= 4 is 5.91 Å². The number of nitrogens with zero attached hydrogens (tertiary/aromatic N) is 1. The van der Waals surface area contributed by atoms with Crippen molar-refractivity contribution < 1.29 is 4.79 Å². The predicted molar refractivity (Wildman–Crippen MR) is 62.5 cm³/mol. The average Bonchev–Trinajstić information content (AvgIpc) is 2.52. The summed E-state index contributed by atoms with van der Waals surface area (Å²) in [5, 5.41) is 3.43. The maximum atomic E-state index is 12.1. The Bertz CT molecular complexity index is 216. The van der Waals surface area contributed by atoms with Gasteiger partial charge in [-0.25, -0.2) is 0 Å². The lowest BCUT2D eigenvalue weighted by molar-refractivity contribution is -0.130. The molecule has 3 nitrogen and oxygen atoms in total. The molecule has 0 spiro atoms. The summed E-state index contributed by atoms with van der Waals surface area (Å²) in [6.45, 7) is 9.41. The lowest BCUT2D eigenvalue weighted by atomic mass is 10.1. The first kappa shape index (κ1) is 12.5. The van der Waals surface area contributed by atoms with Gasteiger partial charge in [-0.2, -0.15) is 0 Å². The zero-order valence-corrected chi connectivity index (χ0v) is 10.4. The Kier molecular flexibility index (Phi) is 4.58. The smallest absolute Gasteiger partial charge is 0.241 e. The topological polar surface area (TPSA) is 32.3 Å². The van der Waals surface area contributed by atoms with Crippen LogP contribution < -0.4 is 5.32 Å². The second kappa shape index (κ2) is 5.50. The van der Waals surface area contributed by atoms with E-state index < -0.39 is 0 Å². The van der Waals surface area contributed by atoms with Gasteiger partial charge in [0.1, 0.15) is 0 Å². The van der Waals surface area contributed by atoms with Crippen LogP contribution >= 0.6 is 0 Å². The molecule has 0 aromatic carbocycles. The first-order valence-corrected chi connectivity index (χ1v) is 6.18. The van der Waals surface area contributed by atoms with Crippen LogP contribution in [0.25, 0.3) is 0 Å². The third kappa shape index (κ3) is 2.71. The fourth-order valence-corrected chi connectivity index (χ4v) is 2.11. The van der Waals surface area contributed by atoms with E-state index in [1.54, 1.807) is 0 Å². The van der Waals surface area contributed by atoms with Gasteiger partial charge in [-0.1, -0.05) is 34.1 Å². The maximum Gasteiger partial charge on any atom is 0.241 e. The fourth-order valence-electron chi connectivity index (χ4n) is 2.11. The molecule has 1 saturated heterocycles. The molecule has 0 aliphatic carbocycles. The van der Waals surface area contributed by atoms with Crippen molar-refractivity contribution in [1.82, 2.24) is 10.2 Å². The van der Waals surface area contributed by atoms with Crippen molar-refractivity contribution in [3.05, 3.63) is 0 Å². The zero-order valence-electron chi connectivity index (χ0n) is 10.4. The van der Waals surface area contributed by atoms with Gasteiger partial charge < -0.3 is 4.90 Å². The minimum absolute atomic E-state index is 0.0341. The third-order valence-corrected chi connectivity index (χ3v) is 3.10. The first-order chi connectivity index (χ1) is 7.11. The number of carbonyl (C=O) groups is 1. The maximum absolute atomic E-state index is 12.1. The Hall–Kier alpha value is -0.570. The monoisotopic (exact) mass is 212 g/mol. The quantitative estimate of drug-likeness (QED) is 0.755. The summed E-state index contributed by atoms with van der Waals surface area (Å²) in [5.74, 6) is 0.684. The third-order valence-electron chi connectivity index (χ3n) is 3.10. The summed E-state index contributed by atoms with van der Waals surface area (Å²) in [7, 11) is 0. The number of rotatable bonds is 5. The number of nitrogens with one attached hydrogen (secondary N) is 1. The minimum Gasteiger partial charge on any atom is -0.326 e.